The first kappa shape index (κ1) is 45.4. The predicted octanol–water partition coefficient (Wildman–Crippen LogP) is 3.48. The zero-order chi connectivity index (χ0) is 42.6. The fraction of sp³-hybridized carbons (Fsp3) is 0.725. The Kier molecular flexibility index (Phi) is 14.7. The van der Waals surface area contributed by atoms with E-state index in [9.17, 15) is 28.8 Å². The minimum absolute atomic E-state index is 0.184. The number of ketones is 1. The molecule has 3 aliphatic rings. The van der Waals surface area contributed by atoms with Gasteiger partial charge in [-0.2, -0.15) is 0 Å². The van der Waals surface area contributed by atoms with Crippen LogP contribution in [0.15, 0.2) is 24.5 Å². The molecule has 57 heavy (non-hydrogen) atoms. The summed E-state index contributed by atoms with van der Waals surface area (Å²) in [5.74, 6) is -6.43. The maximum atomic E-state index is 14.4. The highest BCUT2D eigenvalue weighted by Gasteiger charge is 2.58. The van der Waals surface area contributed by atoms with E-state index in [0.29, 0.717) is 12.0 Å². The molecule has 318 valence electrons. The van der Waals surface area contributed by atoms with Gasteiger partial charge >= 0.3 is 30.1 Å². The first-order chi connectivity index (χ1) is 26.6. The van der Waals surface area contributed by atoms with Gasteiger partial charge in [-0.15, -0.1) is 0 Å². The molecule has 0 saturated carbocycles. The molecule has 3 saturated heterocycles. The van der Waals surface area contributed by atoms with Gasteiger partial charge in [0.15, 0.2) is 18.0 Å². The summed E-state index contributed by atoms with van der Waals surface area (Å²) in [5, 5.41) is 2.75. The smallest absolute Gasteiger partial charge is 0.408 e. The van der Waals surface area contributed by atoms with E-state index in [1.807, 2.05) is 25.9 Å². The normalized spacial score (nSPS) is 37.8. The molecule has 0 radical (unpaired) electrons. The SMILES string of the molecule is CC[C@H]1OC(=O)[C@H](C)[C@@H](OC(=O)Cc2cccnc2)[C@H](C)[C@@H](O[C@@H]2O[C@H](C)C[C@H](N(C)C)[C@H]2OC(C)=O)[C@](C)(OC(N)=O)C[C@@H](C)C(=O)[C@H](C)[C@H]2NC(=O)O[C@@]21C. The highest BCUT2D eigenvalue weighted by molar-refractivity contribution is 5.85. The Hall–Kier alpha value is -4.35. The number of amides is 2. The quantitative estimate of drug-likeness (QED) is 0.270. The molecule has 4 rings (SSSR count). The van der Waals surface area contributed by atoms with Gasteiger partial charge in [0.2, 0.25) is 0 Å². The van der Waals surface area contributed by atoms with Crippen LogP contribution in [0.2, 0.25) is 0 Å². The van der Waals surface area contributed by atoms with Crippen LogP contribution in [0, 0.1) is 23.7 Å². The Labute approximate surface area is 334 Å². The average Bonchev–Trinajstić information content (AvgIpc) is 3.44. The summed E-state index contributed by atoms with van der Waals surface area (Å²) >= 11 is 0. The van der Waals surface area contributed by atoms with E-state index in [0.717, 1.165) is 0 Å². The van der Waals surface area contributed by atoms with Crippen molar-refractivity contribution in [2.24, 2.45) is 29.4 Å². The van der Waals surface area contributed by atoms with Crippen LogP contribution in [0.4, 0.5) is 9.59 Å². The van der Waals surface area contributed by atoms with Crippen LogP contribution in [0.5, 0.6) is 0 Å². The molecule has 0 spiro atoms. The van der Waals surface area contributed by atoms with E-state index in [2.05, 4.69) is 10.3 Å². The minimum atomic E-state index is -1.79. The van der Waals surface area contributed by atoms with Crippen LogP contribution < -0.4 is 11.1 Å². The largest absolute Gasteiger partial charge is 0.461 e. The number of hydrogen-bond acceptors (Lipinski definition) is 15. The number of carbonyl (C=O) groups is 6. The van der Waals surface area contributed by atoms with E-state index in [4.69, 9.17) is 38.9 Å². The monoisotopic (exact) mass is 804 g/mol. The second kappa shape index (κ2) is 18.5. The number of cyclic esters (lactones) is 1. The van der Waals surface area contributed by atoms with Crippen molar-refractivity contribution in [3.63, 3.8) is 0 Å². The summed E-state index contributed by atoms with van der Waals surface area (Å²) in [5.41, 5.74) is 3.03. The van der Waals surface area contributed by atoms with E-state index < -0.39 is 108 Å². The van der Waals surface area contributed by atoms with Gasteiger partial charge in [-0.1, -0.05) is 33.8 Å². The van der Waals surface area contributed by atoms with Gasteiger partial charge in [0.05, 0.1) is 30.5 Å². The van der Waals surface area contributed by atoms with Crippen molar-refractivity contribution in [1.82, 2.24) is 15.2 Å². The standard InChI is InChI=1S/C40H60N4O13/c1-12-28-40(9)33(43-38(50)57-40)22(4)30(47)20(2)18-39(8,56-37(41)49)34(55-36-32(52-25(7)45)27(44(10)11)16-21(3)51-36)23(5)31(24(6)35(48)53-28)54-29(46)17-26-14-13-15-42-19-26/h13-15,19-24,27-28,31-34,36H,12,16-18H2,1-11H3,(H2,41,49)(H,43,50)/t20-,21-,22+,23+,24-,27+,28-,31+,32-,33-,34-,36+,39-,40-/m1/s1. The molecule has 17 heteroatoms. The van der Waals surface area contributed by atoms with E-state index >= 15 is 0 Å². The first-order valence-corrected chi connectivity index (χ1v) is 19.6. The molecular formula is C40H60N4O13. The van der Waals surface area contributed by atoms with Gasteiger partial charge in [0, 0.05) is 37.1 Å². The van der Waals surface area contributed by atoms with Gasteiger partial charge in [-0.3, -0.25) is 24.2 Å². The number of aromatic nitrogens is 1. The lowest BCUT2D eigenvalue weighted by Gasteiger charge is -2.48. The van der Waals surface area contributed by atoms with Crippen LogP contribution in [-0.4, -0.2) is 120 Å². The molecule has 0 aromatic carbocycles. The lowest BCUT2D eigenvalue weighted by molar-refractivity contribution is -0.301. The fourth-order valence-electron chi connectivity index (χ4n) is 8.83. The lowest BCUT2D eigenvalue weighted by atomic mass is 9.73. The van der Waals surface area contributed by atoms with Crippen molar-refractivity contribution >= 4 is 35.9 Å². The highest BCUT2D eigenvalue weighted by atomic mass is 16.7. The van der Waals surface area contributed by atoms with Crippen LogP contribution in [-0.2, 0) is 58.8 Å². The molecule has 3 fully saturated rings. The summed E-state index contributed by atoms with van der Waals surface area (Å²) < 4.78 is 43.0. The van der Waals surface area contributed by atoms with Gasteiger partial charge in [-0.05, 0) is 72.7 Å². The van der Waals surface area contributed by atoms with Gasteiger partial charge in [0.25, 0.3) is 0 Å². The van der Waals surface area contributed by atoms with E-state index in [1.54, 1.807) is 52.9 Å². The minimum Gasteiger partial charge on any atom is -0.461 e. The molecule has 1 aromatic heterocycles. The van der Waals surface area contributed by atoms with Crippen molar-refractivity contribution in [2.45, 2.75) is 148 Å². The predicted molar refractivity (Wildman–Crippen MR) is 202 cm³/mol. The number of carbonyl (C=O) groups excluding carboxylic acids is 6. The number of pyridine rings is 1. The molecule has 1 aromatic rings. The van der Waals surface area contributed by atoms with Crippen LogP contribution >= 0.6 is 0 Å². The fourth-order valence-corrected chi connectivity index (χ4v) is 8.83. The molecule has 0 unspecified atom stereocenters. The second-order valence-electron chi connectivity index (χ2n) is 16.4. The number of primary amides is 1. The van der Waals surface area contributed by atoms with Crippen LogP contribution in [0.1, 0.15) is 87.1 Å². The maximum absolute atomic E-state index is 14.4. The number of Topliss-reactive ketones (excluding diaryl/α,β-unsaturated/α-hetero) is 1. The number of nitrogens with one attached hydrogen (secondary N) is 1. The summed E-state index contributed by atoms with van der Waals surface area (Å²) in [4.78, 5) is 86.6. The number of likely N-dealkylation sites (N-methyl/N-ethyl adjacent to an activating group) is 1. The number of fused-ring (bicyclic) bond motifs is 1. The third-order valence-corrected chi connectivity index (χ3v) is 11.6. The Balaban J connectivity index is 1.93. The molecule has 3 aliphatic heterocycles. The van der Waals surface area contributed by atoms with E-state index in [-0.39, 0.29) is 31.1 Å². The topological polar surface area (TPSA) is 221 Å². The van der Waals surface area contributed by atoms with Crippen molar-refractivity contribution in [3.05, 3.63) is 30.1 Å². The Bertz CT molecular complexity index is 1630. The number of nitrogens with zero attached hydrogens (tertiary/aromatic N) is 2. The van der Waals surface area contributed by atoms with Gasteiger partial charge in [0.1, 0.15) is 29.7 Å². The molecule has 17 nitrogen and oxygen atoms in total. The Morgan fingerprint density at radius 1 is 1.04 bits per heavy atom. The number of esters is 3. The molecular weight excluding hydrogens is 744 g/mol. The molecule has 0 bridgehead atoms. The summed E-state index contributed by atoms with van der Waals surface area (Å²) in [7, 11) is 3.65. The first-order valence-electron chi connectivity index (χ1n) is 19.6. The zero-order valence-electron chi connectivity index (χ0n) is 34.8. The molecule has 3 N–H and O–H groups in total. The average molecular weight is 805 g/mol. The maximum Gasteiger partial charge on any atom is 0.408 e. The second-order valence-corrected chi connectivity index (χ2v) is 16.4. The third kappa shape index (κ3) is 10.4. The number of alkyl carbamates (subject to hydrolysis) is 1. The Morgan fingerprint density at radius 2 is 1.72 bits per heavy atom. The third-order valence-electron chi connectivity index (χ3n) is 11.6. The summed E-state index contributed by atoms with van der Waals surface area (Å²) in [6, 6.07) is 2.06. The van der Waals surface area contributed by atoms with Gasteiger partial charge < -0.3 is 49.1 Å². The highest BCUT2D eigenvalue weighted by Crippen LogP contribution is 2.42. The van der Waals surface area contributed by atoms with Crippen molar-refractivity contribution < 1.29 is 61.9 Å². The number of ether oxygens (including phenoxy) is 7. The molecule has 4 heterocycles. The van der Waals surface area contributed by atoms with Crippen LogP contribution in [0.3, 0.4) is 0 Å². The van der Waals surface area contributed by atoms with Crippen molar-refractivity contribution in [2.75, 3.05) is 14.1 Å². The number of nitrogens with two attached hydrogens (primary N) is 1. The lowest BCUT2D eigenvalue weighted by Crippen LogP contribution is -2.62. The number of hydrogen-bond donors (Lipinski definition) is 2. The summed E-state index contributed by atoms with van der Waals surface area (Å²) in [6.45, 7) is 14.5. The van der Waals surface area contributed by atoms with Crippen molar-refractivity contribution in [3.8, 4) is 0 Å². The number of rotatable bonds is 9. The van der Waals surface area contributed by atoms with Crippen LogP contribution in [0.25, 0.3) is 0 Å². The van der Waals surface area contributed by atoms with E-state index in [1.165, 1.54) is 27.0 Å². The molecule has 2 amide bonds. The molecule has 14 atom stereocenters. The zero-order valence-corrected chi connectivity index (χ0v) is 34.8. The Morgan fingerprint density at radius 3 is 2.30 bits per heavy atom. The van der Waals surface area contributed by atoms with Gasteiger partial charge in [-0.25, -0.2) is 9.59 Å². The summed E-state index contributed by atoms with van der Waals surface area (Å²) in [6.07, 6.45) is -4.99. The molecule has 0 aliphatic carbocycles. The van der Waals surface area contributed by atoms with Crippen molar-refractivity contribution in [1.29, 1.82) is 0 Å².